The van der Waals surface area contributed by atoms with E-state index in [0.29, 0.717) is 28.2 Å². The van der Waals surface area contributed by atoms with Crippen molar-refractivity contribution in [3.63, 3.8) is 0 Å². The second kappa shape index (κ2) is 7.67. The molecule has 146 valence electrons. The molecule has 0 saturated carbocycles. The summed E-state index contributed by atoms with van der Waals surface area (Å²) in [7, 11) is 1.57. The van der Waals surface area contributed by atoms with Crippen LogP contribution in [-0.4, -0.2) is 23.1 Å². The smallest absolute Gasteiger partial charge is 0.252 e. The number of phenolic OH excluding ortho intramolecular Hbond substituents is 1. The van der Waals surface area contributed by atoms with Gasteiger partial charge in [-0.25, -0.2) is 0 Å². The third-order valence-electron chi connectivity index (χ3n) is 4.87. The lowest BCUT2D eigenvalue weighted by atomic mass is 9.97. The monoisotopic (exact) mass is 388 g/mol. The molecule has 29 heavy (non-hydrogen) atoms. The van der Waals surface area contributed by atoms with Crippen LogP contribution in [0.2, 0.25) is 0 Å². The number of furan rings is 1. The van der Waals surface area contributed by atoms with Crippen LogP contribution in [0.1, 0.15) is 33.3 Å². The van der Waals surface area contributed by atoms with Gasteiger partial charge in [-0.3, -0.25) is 9.78 Å². The number of carbonyl (C=O) groups is 1. The SMILES string of the molecule is COc1ccc(C(=O)NC(c2ccco2)c2cc(C)c3cccnc3c2O)cc1. The van der Waals surface area contributed by atoms with Gasteiger partial charge in [0.25, 0.3) is 5.91 Å². The van der Waals surface area contributed by atoms with Gasteiger partial charge < -0.3 is 19.6 Å². The molecule has 0 radical (unpaired) electrons. The topological polar surface area (TPSA) is 84.6 Å². The van der Waals surface area contributed by atoms with E-state index in [1.807, 2.05) is 25.1 Å². The zero-order valence-electron chi connectivity index (χ0n) is 16.0. The first kappa shape index (κ1) is 18.6. The second-order valence-electron chi connectivity index (χ2n) is 6.68. The average molecular weight is 388 g/mol. The molecule has 1 unspecified atom stereocenters. The van der Waals surface area contributed by atoms with Crippen LogP contribution in [0.4, 0.5) is 0 Å². The first-order valence-corrected chi connectivity index (χ1v) is 9.14. The van der Waals surface area contributed by atoms with Crippen LogP contribution in [0, 0.1) is 6.92 Å². The van der Waals surface area contributed by atoms with Crippen LogP contribution in [-0.2, 0) is 0 Å². The van der Waals surface area contributed by atoms with E-state index in [2.05, 4.69) is 10.3 Å². The average Bonchev–Trinajstić information content (AvgIpc) is 3.29. The van der Waals surface area contributed by atoms with Crippen molar-refractivity contribution in [2.75, 3.05) is 7.11 Å². The highest BCUT2D eigenvalue weighted by Gasteiger charge is 2.25. The molecule has 4 aromatic rings. The number of methoxy groups -OCH3 is 1. The van der Waals surface area contributed by atoms with Crippen LogP contribution in [0.25, 0.3) is 10.9 Å². The lowest BCUT2D eigenvalue weighted by Gasteiger charge is -2.20. The molecule has 6 heteroatoms. The Kier molecular flexibility index (Phi) is 4.91. The predicted octanol–water partition coefficient (Wildman–Crippen LogP) is 4.37. The highest BCUT2D eigenvalue weighted by molar-refractivity contribution is 5.95. The largest absolute Gasteiger partial charge is 0.505 e. The fraction of sp³-hybridized carbons (Fsp3) is 0.130. The van der Waals surface area contributed by atoms with E-state index in [0.717, 1.165) is 10.9 Å². The molecule has 2 heterocycles. The van der Waals surface area contributed by atoms with Crippen molar-refractivity contribution in [3.05, 3.63) is 89.5 Å². The Hall–Kier alpha value is -3.80. The fourth-order valence-electron chi connectivity index (χ4n) is 3.36. The number of ether oxygens (including phenoxy) is 1. The molecule has 0 saturated heterocycles. The summed E-state index contributed by atoms with van der Waals surface area (Å²) in [6, 6.07) is 15.2. The maximum atomic E-state index is 12.9. The van der Waals surface area contributed by atoms with E-state index < -0.39 is 6.04 Å². The number of hydrogen-bond donors (Lipinski definition) is 2. The van der Waals surface area contributed by atoms with Crippen molar-refractivity contribution < 1.29 is 19.1 Å². The van der Waals surface area contributed by atoms with E-state index in [1.54, 1.807) is 49.7 Å². The molecule has 6 nitrogen and oxygen atoms in total. The number of benzene rings is 2. The number of nitrogens with one attached hydrogen (secondary N) is 1. The Morgan fingerprint density at radius 1 is 1.17 bits per heavy atom. The molecule has 0 aliphatic rings. The van der Waals surface area contributed by atoms with Crippen LogP contribution < -0.4 is 10.1 Å². The molecule has 1 amide bonds. The van der Waals surface area contributed by atoms with Gasteiger partial charge in [0.2, 0.25) is 0 Å². The highest BCUT2D eigenvalue weighted by atomic mass is 16.5. The summed E-state index contributed by atoms with van der Waals surface area (Å²) in [6.45, 7) is 1.94. The van der Waals surface area contributed by atoms with Gasteiger partial charge in [-0.15, -0.1) is 0 Å². The second-order valence-corrected chi connectivity index (χ2v) is 6.68. The minimum Gasteiger partial charge on any atom is -0.505 e. The van der Waals surface area contributed by atoms with Crippen molar-refractivity contribution >= 4 is 16.8 Å². The van der Waals surface area contributed by atoms with E-state index in [-0.39, 0.29) is 11.7 Å². The quantitative estimate of drug-likeness (QED) is 0.530. The number of carbonyl (C=O) groups excluding carboxylic acids is 1. The molecule has 4 rings (SSSR count). The maximum absolute atomic E-state index is 12.9. The van der Waals surface area contributed by atoms with Gasteiger partial charge in [-0.2, -0.15) is 0 Å². The van der Waals surface area contributed by atoms with Crippen molar-refractivity contribution in [2.24, 2.45) is 0 Å². The number of nitrogens with zero attached hydrogens (tertiary/aromatic N) is 1. The van der Waals surface area contributed by atoms with Crippen LogP contribution in [0.3, 0.4) is 0 Å². The molecule has 2 N–H and O–H groups in total. The number of aryl methyl sites for hydroxylation is 1. The number of hydrogen-bond acceptors (Lipinski definition) is 5. The van der Waals surface area contributed by atoms with Gasteiger partial charge in [0.05, 0.1) is 13.4 Å². The number of aromatic nitrogens is 1. The van der Waals surface area contributed by atoms with Crippen molar-refractivity contribution in [1.82, 2.24) is 10.3 Å². The Bertz CT molecular complexity index is 1150. The van der Waals surface area contributed by atoms with Gasteiger partial charge >= 0.3 is 0 Å². The van der Waals surface area contributed by atoms with E-state index in [1.165, 1.54) is 6.26 Å². The van der Waals surface area contributed by atoms with E-state index in [4.69, 9.17) is 9.15 Å². The zero-order valence-corrected chi connectivity index (χ0v) is 16.0. The molecule has 0 aliphatic heterocycles. The maximum Gasteiger partial charge on any atom is 0.252 e. The Morgan fingerprint density at radius 2 is 1.97 bits per heavy atom. The number of rotatable bonds is 5. The Labute approximate surface area is 167 Å². The van der Waals surface area contributed by atoms with Gasteiger partial charge in [-0.05, 0) is 61.0 Å². The first-order valence-electron chi connectivity index (χ1n) is 9.14. The third kappa shape index (κ3) is 3.52. The van der Waals surface area contributed by atoms with Crippen molar-refractivity contribution in [2.45, 2.75) is 13.0 Å². The van der Waals surface area contributed by atoms with E-state index >= 15 is 0 Å². The molecule has 2 aromatic heterocycles. The molecule has 0 aliphatic carbocycles. The zero-order chi connectivity index (χ0) is 20.4. The number of amides is 1. The number of phenols is 1. The summed E-state index contributed by atoms with van der Waals surface area (Å²) < 4.78 is 10.7. The molecule has 2 aromatic carbocycles. The van der Waals surface area contributed by atoms with Gasteiger partial charge in [0.15, 0.2) is 0 Å². The fourth-order valence-corrected chi connectivity index (χ4v) is 3.36. The summed E-state index contributed by atoms with van der Waals surface area (Å²) >= 11 is 0. The lowest BCUT2D eigenvalue weighted by Crippen LogP contribution is -2.29. The summed E-state index contributed by atoms with van der Waals surface area (Å²) in [5, 5.41) is 14.7. The summed E-state index contributed by atoms with van der Waals surface area (Å²) in [5.74, 6) is 0.893. The molecule has 0 bridgehead atoms. The summed E-state index contributed by atoms with van der Waals surface area (Å²) in [6.07, 6.45) is 3.16. The minimum atomic E-state index is -0.676. The van der Waals surface area contributed by atoms with Crippen LogP contribution >= 0.6 is 0 Å². The van der Waals surface area contributed by atoms with Gasteiger partial charge in [-0.1, -0.05) is 6.07 Å². The number of aromatic hydroxyl groups is 1. The third-order valence-corrected chi connectivity index (χ3v) is 4.87. The lowest BCUT2D eigenvalue weighted by molar-refractivity contribution is 0.0938. The molecular weight excluding hydrogens is 368 g/mol. The molecule has 0 spiro atoms. The first-order chi connectivity index (χ1) is 14.1. The molecule has 1 atom stereocenters. The Morgan fingerprint density at radius 3 is 2.66 bits per heavy atom. The van der Waals surface area contributed by atoms with Gasteiger partial charge in [0.1, 0.15) is 28.8 Å². The molecule has 0 fully saturated rings. The minimum absolute atomic E-state index is 0.0163. The number of pyridine rings is 1. The number of fused-ring (bicyclic) bond motifs is 1. The Balaban J connectivity index is 1.76. The van der Waals surface area contributed by atoms with Crippen molar-refractivity contribution in [1.29, 1.82) is 0 Å². The van der Waals surface area contributed by atoms with E-state index in [9.17, 15) is 9.90 Å². The van der Waals surface area contributed by atoms with Crippen molar-refractivity contribution in [3.8, 4) is 11.5 Å². The molecular formula is C23H20N2O4. The van der Waals surface area contributed by atoms with Crippen LogP contribution in [0.15, 0.2) is 71.5 Å². The standard InChI is InChI=1S/C23H20N2O4/c1-14-13-18(22(26)21-17(14)5-3-11-24-21)20(19-6-4-12-29-19)25-23(27)15-7-9-16(28-2)10-8-15/h3-13,20,26H,1-2H3,(H,25,27). The van der Waals surface area contributed by atoms with Gasteiger partial charge in [0, 0.05) is 22.7 Å². The normalized spacial score (nSPS) is 11.9. The summed E-state index contributed by atoms with van der Waals surface area (Å²) in [4.78, 5) is 17.2. The summed E-state index contributed by atoms with van der Waals surface area (Å²) in [5.41, 5.74) is 2.41. The highest BCUT2D eigenvalue weighted by Crippen LogP contribution is 2.36. The predicted molar refractivity (Wildman–Crippen MR) is 109 cm³/mol. The van der Waals surface area contributed by atoms with Crippen LogP contribution in [0.5, 0.6) is 11.5 Å².